The van der Waals surface area contributed by atoms with E-state index in [1.54, 1.807) is 17.4 Å². The number of thiophene rings is 1. The van der Waals surface area contributed by atoms with Crippen LogP contribution in [0, 0.1) is 0 Å². The second kappa shape index (κ2) is 5.78. The summed E-state index contributed by atoms with van der Waals surface area (Å²) in [7, 11) is 7.21. The van der Waals surface area contributed by atoms with Gasteiger partial charge >= 0.3 is 97.1 Å². The molecule has 1 rings (SSSR count). The number of halogens is 1. The van der Waals surface area contributed by atoms with Gasteiger partial charge in [0.1, 0.15) is 0 Å². The third kappa shape index (κ3) is 3.79. The number of carbonyl (C=O) groups excluding carboxylic acids is 1. The Morgan fingerprint density at radius 3 is 3.00 bits per heavy atom. The van der Waals surface area contributed by atoms with Crippen LogP contribution in [0.4, 0.5) is 0 Å². The maximum absolute atomic E-state index is 10.7. The molecule has 13 heavy (non-hydrogen) atoms. The number of rotatable bonds is 3. The summed E-state index contributed by atoms with van der Waals surface area (Å²) in [6.45, 7) is 0. The second-order valence-electron chi connectivity index (χ2n) is 2.29. The van der Waals surface area contributed by atoms with Crippen molar-refractivity contribution in [2.75, 3.05) is 7.11 Å². The van der Waals surface area contributed by atoms with E-state index in [9.17, 15) is 4.79 Å². The monoisotopic (exact) mass is 404 g/mol. The summed E-state index contributed by atoms with van der Waals surface area (Å²) in [6.07, 6.45) is 3.17. The SMILES string of the molecule is COC(=O)/C=C/c1cc[c]([Hg][Cl])s1. The van der Waals surface area contributed by atoms with Gasteiger partial charge in [0, 0.05) is 0 Å². The molecular formula is C8H7ClHgO2S. The molecule has 0 bridgehead atoms. The third-order valence-electron chi connectivity index (χ3n) is 1.40. The van der Waals surface area contributed by atoms with Crippen molar-refractivity contribution in [1.29, 1.82) is 0 Å². The fourth-order valence-corrected chi connectivity index (χ4v) is 7.14. The zero-order valence-electron chi connectivity index (χ0n) is 7.12. The molecule has 0 saturated carbocycles. The van der Waals surface area contributed by atoms with Gasteiger partial charge in [0.25, 0.3) is 0 Å². The van der Waals surface area contributed by atoms with Gasteiger partial charge < -0.3 is 0 Å². The molecule has 1 aromatic heterocycles. The molecule has 0 aliphatic heterocycles. The topological polar surface area (TPSA) is 26.3 Å². The van der Waals surface area contributed by atoms with E-state index in [1.165, 1.54) is 15.6 Å². The van der Waals surface area contributed by atoms with Gasteiger partial charge in [-0.3, -0.25) is 0 Å². The van der Waals surface area contributed by atoms with Crippen molar-refractivity contribution in [2.45, 2.75) is 0 Å². The van der Waals surface area contributed by atoms with E-state index >= 15 is 0 Å². The minimum atomic E-state index is -1.25. The molecule has 66 valence electrons. The summed E-state index contributed by atoms with van der Waals surface area (Å²) < 4.78 is 5.78. The summed E-state index contributed by atoms with van der Waals surface area (Å²) >= 11 is 0.409. The maximum atomic E-state index is 10.7. The number of carbonyl (C=O) groups is 1. The minimum absolute atomic E-state index is 0.328. The van der Waals surface area contributed by atoms with Crippen LogP contribution in [0.2, 0.25) is 0 Å². The Kier molecular flexibility index (Phi) is 4.98. The van der Waals surface area contributed by atoms with Crippen molar-refractivity contribution in [1.82, 2.24) is 0 Å². The average Bonchev–Trinajstić information content (AvgIpc) is 2.61. The molecule has 0 unspecified atom stereocenters. The summed E-state index contributed by atoms with van der Waals surface area (Å²) in [5.74, 6) is -0.328. The second-order valence-corrected chi connectivity index (χ2v) is 11.8. The van der Waals surface area contributed by atoms with Crippen molar-refractivity contribution < 1.29 is 32.9 Å². The van der Waals surface area contributed by atoms with Crippen LogP contribution in [-0.4, -0.2) is 13.1 Å². The van der Waals surface area contributed by atoms with E-state index in [0.717, 1.165) is 4.88 Å². The summed E-state index contributed by atoms with van der Waals surface area (Å²) in [4.78, 5) is 11.8. The molecular weight excluding hydrogens is 396 g/mol. The van der Waals surface area contributed by atoms with Crippen molar-refractivity contribution in [3.63, 3.8) is 0 Å². The van der Waals surface area contributed by atoms with Crippen molar-refractivity contribution in [3.05, 3.63) is 23.1 Å². The van der Waals surface area contributed by atoms with E-state index in [2.05, 4.69) is 4.74 Å². The van der Waals surface area contributed by atoms with Crippen LogP contribution in [-0.2, 0) is 32.9 Å². The van der Waals surface area contributed by atoms with Gasteiger partial charge in [-0.1, -0.05) is 0 Å². The molecule has 0 aromatic carbocycles. The van der Waals surface area contributed by atoms with E-state index in [1.807, 2.05) is 12.1 Å². The van der Waals surface area contributed by atoms with Gasteiger partial charge in [-0.05, 0) is 0 Å². The van der Waals surface area contributed by atoms with Crippen LogP contribution in [0.1, 0.15) is 4.88 Å². The van der Waals surface area contributed by atoms with Crippen LogP contribution < -0.4 is 2.39 Å². The van der Waals surface area contributed by atoms with E-state index in [4.69, 9.17) is 8.25 Å². The number of hydrogen-bond acceptors (Lipinski definition) is 3. The Balaban J connectivity index is 2.63. The Morgan fingerprint density at radius 1 is 1.69 bits per heavy atom. The molecule has 1 heterocycles. The van der Waals surface area contributed by atoms with E-state index < -0.39 is 23.3 Å². The van der Waals surface area contributed by atoms with Crippen LogP contribution in [0.5, 0.6) is 0 Å². The van der Waals surface area contributed by atoms with Crippen LogP contribution in [0.15, 0.2) is 18.2 Å². The molecule has 0 saturated heterocycles. The molecule has 0 spiro atoms. The molecule has 0 N–H and O–H groups in total. The van der Waals surface area contributed by atoms with Crippen molar-refractivity contribution in [3.8, 4) is 0 Å². The van der Waals surface area contributed by atoms with Gasteiger partial charge in [0.05, 0.1) is 0 Å². The summed E-state index contributed by atoms with van der Waals surface area (Å²) in [6, 6.07) is 4.01. The number of methoxy groups -OCH3 is 1. The normalized spacial score (nSPS) is 10.0. The first-order valence-corrected chi connectivity index (χ1v) is 14.0. The number of hydrogen-bond donors (Lipinski definition) is 0. The Labute approximate surface area is 96.4 Å². The Morgan fingerprint density at radius 2 is 2.46 bits per heavy atom. The molecule has 0 radical (unpaired) electrons. The zero-order chi connectivity index (χ0) is 9.68. The van der Waals surface area contributed by atoms with Crippen LogP contribution in [0.25, 0.3) is 6.08 Å². The van der Waals surface area contributed by atoms with Crippen LogP contribution in [0.3, 0.4) is 0 Å². The fourth-order valence-electron chi connectivity index (χ4n) is 0.774. The number of ether oxygens (including phenoxy) is 1. The quantitative estimate of drug-likeness (QED) is 0.437. The Hall–Kier alpha value is 0.135. The molecule has 0 fully saturated rings. The third-order valence-corrected chi connectivity index (χ3v) is 11.1. The summed E-state index contributed by atoms with van der Waals surface area (Å²) in [5, 5.41) is 0. The van der Waals surface area contributed by atoms with Gasteiger partial charge in [0.15, 0.2) is 0 Å². The van der Waals surface area contributed by atoms with Gasteiger partial charge in [-0.25, -0.2) is 0 Å². The first-order chi connectivity index (χ1) is 6.26. The molecule has 0 aliphatic rings. The Bertz CT molecular complexity index is 322. The first-order valence-electron chi connectivity index (χ1n) is 3.67. The zero-order valence-corrected chi connectivity index (χ0v) is 14.2. The van der Waals surface area contributed by atoms with E-state index in [0.29, 0.717) is 0 Å². The van der Waals surface area contributed by atoms with Gasteiger partial charge in [0.2, 0.25) is 0 Å². The molecule has 0 aliphatic carbocycles. The van der Waals surface area contributed by atoms with Crippen molar-refractivity contribution in [2.24, 2.45) is 0 Å². The fraction of sp³-hybridized carbons (Fsp3) is 0.125. The molecule has 0 amide bonds. The van der Waals surface area contributed by atoms with E-state index in [-0.39, 0.29) is 5.97 Å². The molecule has 2 nitrogen and oxygen atoms in total. The summed E-state index contributed by atoms with van der Waals surface area (Å²) in [5.41, 5.74) is 0. The molecule has 1 aromatic rings. The van der Waals surface area contributed by atoms with Crippen molar-refractivity contribution >= 4 is 34.0 Å². The standard InChI is InChI=1S/C8H7O2S.ClH.Hg/c1-10-8(9)5-4-7-3-2-6-11-7;;/h2-5H,1H3;1H;/q;;+1/p-1/b5-4+;;. The first kappa shape index (κ1) is 11.2. The van der Waals surface area contributed by atoms with Crippen LogP contribution >= 0.6 is 19.6 Å². The predicted octanol–water partition coefficient (Wildman–Crippen LogP) is 1.80. The van der Waals surface area contributed by atoms with Gasteiger partial charge in [-0.2, -0.15) is 0 Å². The molecule has 5 heteroatoms. The predicted molar refractivity (Wildman–Crippen MR) is 50.9 cm³/mol. The number of esters is 1. The molecule has 0 atom stereocenters. The average molecular weight is 403 g/mol. The van der Waals surface area contributed by atoms with Gasteiger partial charge in [-0.15, -0.1) is 0 Å².